The summed E-state index contributed by atoms with van der Waals surface area (Å²) < 4.78 is 30.7. The number of alkyl halides is 2. The summed E-state index contributed by atoms with van der Waals surface area (Å²) in [6.07, 6.45) is 0.364. The van der Waals surface area contributed by atoms with Gasteiger partial charge in [0.25, 0.3) is 6.43 Å². The number of benzene rings is 2. The van der Waals surface area contributed by atoms with Crippen molar-refractivity contribution in [2.24, 2.45) is 0 Å². The summed E-state index contributed by atoms with van der Waals surface area (Å²) in [6.45, 7) is 1.13. The number of halogens is 2. The highest BCUT2D eigenvalue weighted by Crippen LogP contribution is 2.29. The molecule has 0 saturated heterocycles. The van der Waals surface area contributed by atoms with Gasteiger partial charge in [0.1, 0.15) is 6.61 Å². The molecule has 2 aromatic carbocycles. The Hall–Kier alpha value is -1.78. The highest BCUT2D eigenvalue weighted by molar-refractivity contribution is 5.17. The van der Waals surface area contributed by atoms with Gasteiger partial charge in [-0.25, -0.2) is 8.78 Å². The van der Waals surface area contributed by atoms with Crippen LogP contribution in [0.25, 0.3) is 0 Å². The predicted molar refractivity (Wildman–Crippen MR) is 95.5 cm³/mol. The fourth-order valence-corrected chi connectivity index (χ4v) is 3.64. The molecule has 0 heterocycles. The van der Waals surface area contributed by atoms with Gasteiger partial charge in [0, 0.05) is 19.1 Å². The van der Waals surface area contributed by atoms with E-state index < -0.39 is 13.0 Å². The Bertz CT molecular complexity index is 579. The molecule has 0 N–H and O–H groups in total. The van der Waals surface area contributed by atoms with Crippen LogP contribution in [-0.2, 0) is 17.8 Å². The molecule has 0 bridgehead atoms. The molecule has 4 heteroatoms. The van der Waals surface area contributed by atoms with Gasteiger partial charge >= 0.3 is 0 Å². The number of rotatable bonds is 8. The zero-order chi connectivity index (χ0) is 17.5. The van der Waals surface area contributed by atoms with E-state index in [0.29, 0.717) is 0 Å². The number of hydrogen-bond acceptors (Lipinski definition) is 2. The van der Waals surface area contributed by atoms with E-state index in [1.165, 1.54) is 11.1 Å². The van der Waals surface area contributed by atoms with Gasteiger partial charge in [0.2, 0.25) is 0 Å². The predicted octanol–water partition coefficient (Wildman–Crippen LogP) is 4.89. The molecular weight excluding hydrogens is 320 g/mol. The van der Waals surface area contributed by atoms with Crippen LogP contribution in [0.5, 0.6) is 0 Å². The van der Waals surface area contributed by atoms with Crippen molar-refractivity contribution >= 4 is 0 Å². The molecule has 0 amide bonds. The lowest BCUT2D eigenvalue weighted by Crippen LogP contribution is -2.41. The van der Waals surface area contributed by atoms with Gasteiger partial charge in [0.05, 0.1) is 6.10 Å². The maximum atomic E-state index is 12.6. The molecule has 1 aliphatic rings. The van der Waals surface area contributed by atoms with Crippen molar-refractivity contribution in [1.82, 2.24) is 4.90 Å². The Labute approximate surface area is 148 Å². The second-order valence-corrected chi connectivity index (χ2v) is 6.64. The fraction of sp³-hybridized carbons (Fsp3) is 0.429. The largest absolute Gasteiger partial charge is 0.371 e. The molecule has 0 spiro atoms. The molecule has 0 aliphatic heterocycles. The zero-order valence-electron chi connectivity index (χ0n) is 14.4. The number of ether oxygens (including phenoxy) is 1. The van der Waals surface area contributed by atoms with Crippen molar-refractivity contribution in [3.05, 3.63) is 71.8 Å². The first-order chi connectivity index (χ1) is 12.2. The average molecular weight is 345 g/mol. The van der Waals surface area contributed by atoms with Crippen LogP contribution in [-0.4, -0.2) is 30.1 Å². The average Bonchev–Trinajstić information content (AvgIpc) is 3.10. The molecule has 1 fully saturated rings. The van der Waals surface area contributed by atoms with E-state index in [2.05, 4.69) is 29.2 Å². The van der Waals surface area contributed by atoms with E-state index in [9.17, 15) is 8.78 Å². The molecule has 1 aliphatic carbocycles. The van der Waals surface area contributed by atoms with Crippen LogP contribution in [0.4, 0.5) is 8.78 Å². The molecule has 3 rings (SSSR count). The maximum absolute atomic E-state index is 12.6. The molecule has 2 nitrogen and oxygen atoms in total. The minimum absolute atomic E-state index is 0.110. The first-order valence-corrected chi connectivity index (χ1v) is 8.94. The molecule has 0 aromatic heterocycles. The highest BCUT2D eigenvalue weighted by Gasteiger charge is 2.33. The summed E-state index contributed by atoms with van der Waals surface area (Å²) in [5.74, 6) is 0. The second-order valence-electron chi connectivity index (χ2n) is 6.64. The molecule has 134 valence electrons. The van der Waals surface area contributed by atoms with Crippen molar-refractivity contribution in [3.63, 3.8) is 0 Å². The highest BCUT2D eigenvalue weighted by atomic mass is 19.3. The third kappa shape index (κ3) is 5.35. The molecular formula is C21H25F2NO. The quantitative estimate of drug-likeness (QED) is 0.675. The minimum Gasteiger partial charge on any atom is -0.371 e. The normalized spacial score (nSPS) is 20.5. The zero-order valence-corrected chi connectivity index (χ0v) is 14.4. The van der Waals surface area contributed by atoms with Crippen LogP contribution in [0, 0.1) is 0 Å². The van der Waals surface area contributed by atoms with E-state index in [-0.39, 0.29) is 12.1 Å². The van der Waals surface area contributed by atoms with Crippen molar-refractivity contribution < 1.29 is 13.5 Å². The fourth-order valence-electron chi connectivity index (χ4n) is 3.64. The lowest BCUT2D eigenvalue weighted by molar-refractivity contribution is -0.0520. The van der Waals surface area contributed by atoms with Crippen LogP contribution in [0.15, 0.2) is 60.7 Å². The Kier molecular flexibility index (Phi) is 6.54. The van der Waals surface area contributed by atoms with E-state index in [1.54, 1.807) is 0 Å². The minimum atomic E-state index is -2.40. The first kappa shape index (κ1) is 18.0. The summed E-state index contributed by atoms with van der Waals surface area (Å²) in [5.41, 5.74) is 2.47. The van der Waals surface area contributed by atoms with Gasteiger partial charge in [-0.1, -0.05) is 60.7 Å². The van der Waals surface area contributed by atoms with Crippen LogP contribution in [0.3, 0.4) is 0 Å². The van der Waals surface area contributed by atoms with Gasteiger partial charge in [0.15, 0.2) is 0 Å². The summed E-state index contributed by atoms with van der Waals surface area (Å²) >= 11 is 0. The maximum Gasteiger partial charge on any atom is 0.261 e. The van der Waals surface area contributed by atoms with Crippen molar-refractivity contribution in [2.75, 3.05) is 6.61 Å². The summed E-state index contributed by atoms with van der Waals surface area (Å²) in [6, 6.07) is 20.8. The van der Waals surface area contributed by atoms with E-state index in [0.717, 1.165) is 32.4 Å². The van der Waals surface area contributed by atoms with Gasteiger partial charge in [-0.3, -0.25) is 4.90 Å². The Morgan fingerprint density at radius 2 is 1.44 bits per heavy atom. The lowest BCUT2D eigenvalue weighted by atomic mass is 10.1. The van der Waals surface area contributed by atoms with Crippen LogP contribution in [0.1, 0.15) is 30.4 Å². The topological polar surface area (TPSA) is 12.5 Å². The summed E-state index contributed by atoms with van der Waals surface area (Å²) in [4.78, 5) is 2.38. The third-order valence-corrected chi connectivity index (χ3v) is 4.78. The smallest absolute Gasteiger partial charge is 0.261 e. The molecule has 0 unspecified atom stereocenters. The van der Waals surface area contributed by atoms with Crippen LogP contribution >= 0.6 is 0 Å². The lowest BCUT2D eigenvalue weighted by Gasteiger charge is -2.33. The Balaban J connectivity index is 1.74. The van der Waals surface area contributed by atoms with Gasteiger partial charge in [-0.15, -0.1) is 0 Å². The van der Waals surface area contributed by atoms with Gasteiger partial charge < -0.3 is 4.74 Å². The van der Waals surface area contributed by atoms with E-state index in [4.69, 9.17) is 4.74 Å². The van der Waals surface area contributed by atoms with Gasteiger partial charge in [-0.2, -0.15) is 0 Å². The second kappa shape index (κ2) is 9.07. The molecule has 25 heavy (non-hydrogen) atoms. The molecule has 1 saturated carbocycles. The molecule has 0 radical (unpaired) electrons. The SMILES string of the molecule is FC(F)CO[C@H]1CCC[C@H]1N(Cc1ccccc1)Cc1ccccc1. The van der Waals surface area contributed by atoms with E-state index in [1.807, 2.05) is 36.4 Å². The van der Waals surface area contributed by atoms with Crippen LogP contribution < -0.4 is 0 Å². The van der Waals surface area contributed by atoms with Crippen LogP contribution in [0.2, 0.25) is 0 Å². The Morgan fingerprint density at radius 3 is 1.96 bits per heavy atom. The molecule has 2 atom stereocenters. The Morgan fingerprint density at radius 1 is 0.880 bits per heavy atom. The molecule has 2 aromatic rings. The van der Waals surface area contributed by atoms with Crippen molar-refractivity contribution in [3.8, 4) is 0 Å². The number of hydrogen-bond donors (Lipinski definition) is 0. The third-order valence-electron chi connectivity index (χ3n) is 4.78. The summed E-state index contributed by atoms with van der Waals surface area (Å²) in [7, 11) is 0. The van der Waals surface area contributed by atoms with Crippen molar-refractivity contribution in [2.45, 2.75) is 50.9 Å². The van der Waals surface area contributed by atoms with Crippen molar-refractivity contribution in [1.29, 1.82) is 0 Å². The van der Waals surface area contributed by atoms with Gasteiger partial charge in [-0.05, 0) is 30.4 Å². The summed E-state index contributed by atoms with van der Waals surface area (Å²) in [5, 5.41) is 0. The monoisotopic (exact) mass is 345 g/mol. The standard InChI is InChI=1S/C21H25F2NO/c22-21(23)16-25-20-13-7-12-19(20)24(14-17-8-3-1-4-9-17)15-18-10-5-2-6-11-18/h1-6,8-11,19-21H,7,12-16H2/t19-,20+/m1/s1. The number of nitrogens with zero attached hydrogens (tertiary/aromatic N) is 1. The first-order valence-electron chi connectivity index (χ1n) is 8.94. The van der Waals surface area contributed by atoms with E-state index >= 15 is 0 Å².